The van der Waals surface area contributed by atoms with Crippen molar-refractivity contribution >= 4 is 17.2 Å². The predicted octanol–water partition coefficient (Wildman–Crippen LogP) is 2.78. The average Bonchev–Trinajstić information content (AvgIpc) is 2.93. The number of fused-ring (bicyclic) bond motifs is 1. The number of nitrogens with one attached hydrogen (secondary N) is 1. The fourth-order valence-corrected chi connectivity index (χ4v) is 2.54. The van der Waals surface area contributed by atoms with Gasteiger partial charge in [-0.25, -0.2) is 4.79 Å². The van der Waals surface area contributed by atoms with Gasteiger partial charge in [0.2, 0.25) is 0 Å². The van der Waals surface area contributed by atoms with Crippen LogP contribution in [0.1, 0.15) is 12.0 Å². The topological polar surface area (TPSA) is 68.6 Å². The lowest BCUT2D eigenvalue weighted by atomic mass is 10.2. The van der Waals surface area contributed by atoms with Crippen LogP contribution in [-0.4, -0.2) is 29.5 Å². The van der Waals surface area contributed by atoms with Crippen molar-refractivity contribution in [3.8, 4) is 5.75 Å². The molecule has 0 amide bonds. The van der Waals surface area contributed by atoms with Crippen molar-refractivity contribution in [2.45, 2.75) is 13.0 Å². The summed E-state index contributed by atoms with van der Waals surface area (Å²) in [6, 6.07) is 15.2. The third-order valence-corrected chi connectivity index (χ3v) is 3.70. The summed E-state index contributed by atoms with van der Waals surface area (Å²) in [5, 5.41) is 3.95. The number of aromatic amines is 1. The van der Waals surface area contributed by atoms with E-state index in [9.17, 15) is 4.79 Å². The van der Waals surface area contributed by atoms with Crippen molar-refractivity contribution in [3.63, 3.8) is 0 Å². The fraction of sp³-hybridized carbons (Fsp3) is 0.222. The fourth-order valence-electron chi connectivity index (χ4n) is 2.54. The highest BCUT2D eigenvalue weighted by atomic mass is 16.6. The molecule has 0 aliphatic heterocycles. The minimum Gasteiger partial charge on any atom is -0.496 e. The van der Waals surface area contributed by atoms with Crippen molar-refractivity contribution in [3.05, 3.63) is 64.6 Å². The summed E-state index contributed by atoms with van der Waals surface area (Å²) in [7, 11) is 1.62. The van der Waals surface area contributed by atoms with Gasteiger partial charge in [0.25, 0.3) is 0 Å². The van der Waals surface area contributed by atoms with Gasteiger partial charge in [-0.15, -0.1) is 0 Å². The summed E-state index contributed by atoms with van der Waals surface area (Å²) < 4.78 is 6.95. The molecule has 3 rings (SSSR count). The Bertz CT molecular complexity index is 896. The average molecular weight is 325 g/mol. The van der Waals surface area contributed by atoms with Gasteiger partial charge in [0.1, 0.15) is 12.4 Å². The smallest absolute Gasteiger partial charge is 0.326 e. The van der Waals surface area contributed by atoms with Crippen molar-refractivity contribution in [1.82, 2.24) is 9.55 Å². The molecule has 2 aromatic carbocycles. The lowest BCUT2D eigenvalue weighted by Crippen LogP contribution is -2.17. The van der Waals surface area contributed by atoms with E-state index in [0.717, 1.165) is 22.3 Å². The van der Waals surface area contributed by atoms with Crippen molar-refractivity contribution in [2.75, 3.05) is 13.7 Å². The molecule has 0 aliphatic carbocycles. The number of hydrogen-bond acceptors (Lipinski definition) is 4. The van der Waals surface area contributed by atoms with E-state index in [1.807, 2.05) is 48.5 Å². The van der Waals surface area contributed by atoms with Crippen LogP contribution in [0, 0.1) is 0 Å². The Morgan fingerprint density at radius 2 is 1.96 bits per heavy atom. The number of rotatable bonds is 7. The van der Waals surface area contributed by atoms with Crippen LogP contribution >= 0.6 is 0 Å². The zero-order valence-corrected chi connectivity index (χ0v) is 13.4. The highest BCUT2D eigenvalue weighted by Crippen LogP contribution is 2.14. The van der Waals surface area contributed by atoms with Gasteiger partial charge in [0.15, 0.2) is 0 Å². The zero-order chi connectivity index (χ0) is 16.8. The van der Waals surface area contributed by atoms with Gasteiger partial charge in [-0.05, 0) is 24.3 Å². The summed E-state index contributed by atoms with van der Waals surface area (Å²) in [4.78, 5) is 20.0. The molecule has 1 N–H and O–H groups in total. The molecule has 0 bridgehead atoms. The molecule has 0 spiro atoms. The van der Waals surface area contributed by atoms with E-state index in [1.165, 1.54) is 0 Å². The van der Waals surface area contributed by atoms with Gasteiger partial charge in [-0.2, -0.15) is 0 Å². The maximum atomic E-state index is 11.9. The molecule has 0 fully saturated rings. The van der Waals surface area contributed by atoms with Crippen LogP contribution in [0.3, 0.4) is 0 Å². The molecule has 3 aromatic rings. The third kappa shape index (κ3) is 3.48. The van der Waals surface area contributed by atoms with Gasteiger partial charge in [0.05, 0.1) is 24.4 Å². The predicted molar refractivity (Wildman–Crippen MR) is 93.7 cm³/mol. The minimum atomic E-state index is -0.103. The molecule has 0 radical (unpaired) electrons. The molecule has 24 heavy (non-hydrogen) atoms. The number of hydrogen-bond donors (Lipinski definition) is 1. The second-order valence-electron chi connectivity index (χ2n) is 5.26. The van der Waals surface area contributed by atoms with Gasteiger partial charge < -0.3 is 14.6 Å². The van der Waals surface area contributed by atoms with E-state index < -0.39 is 0 Å². The maximum absolute atomic E-state index is 11.9. The van der Waals surface area contributed by atoms with Crippen LogP contribution in [0.25, 0.3) is 11.0 Å². The zero-order valence-electron chi connectivity index (χ0n) is 13.4. The first-order chi connectivity index (χ1) is 11.8. The number of nitrogens with zero attached hydrogens (tertiary/aromatic N) is 2. The summed E-state index contributed by atoms with van der Waals surface area (Å²) >= 11 is 0. The second-order valence-corrected chi connectivity index (χ2v) is 5.26. The Hall–Kier alpha value is -3.02. The molecule has 6 nitrogen and oxygen atoms in total. The number of aromatic nitrogens is 2. The summed E-state index contributed by atoms with van der Waals surface area (Å²) in [5.41, 5.74) is 2.50. The Labute approximate surface area is 139 Å². The van der Waals surface area contributed by atoms with E-state index in [0.29, 0.717) is 19.6 Å². The number of para-hydroxylation sites is 3. The molecule has 0 saturated carbocycles. The van der Waals surface area contributed by atoms with E-state index in [1.54, 1.807) is 17.9 Å². The quantitative estimate of drug-likeness (QED) is 0.412. The monoisotopic (exact) mass is 325 g/mol. The molecule has 0 unspecified atom stereocenters. The Morgan fingerprint density at radius 3 is 2.83 bits per heavy atom. The number of ether oxygens (including phenoxy) is 1. The largest absolute Gasteiger partial charge is 0.496 e. The summed E-state index contributed by atoms with van der Waals surface area (Å²) in [5.74, 6) is 0.746. The van der Waals surface area contributed by atoms with Crippen LogP contribution < -0.4 is 10.4 Å². The van der Waals surface area contributed by atoms with E-state index in [2.05, 4.69) is 10.1 Å². The van der Waals surface area contributed by atoms with Crippen molar-refractivity contribution < 1.29 is 9.57 Å². The minimum absolute atomic E-state index is 0.103. The number of benzene rings is 2. The van der Waals surface area contributed by atoms with Gasteiger partial charge in [-0.1, -0.05) is 29.4 Å². The van der Waals surface area contributed by atoms with Crippen LogP contribution in [0.5, 0.6) is 5.75 Å². The molecular formula is C18H19N3O3. The Kier molecular flexibility index (Phi) is 4.96. The van der Waals surface area contributed by atoms with Crippen LogP contribution in [0.2, 0.25) is 0 Å². The first-order valence-electron chi connectivity index (χ1n) is 7.75. The highest BCUT2D eigenvalue weighted by molar-refractivity contribution is 5.83. The molecule has 0 atom stereocenters. The normalized spacial score (nSPS) is 11.2. The van der Waals surface area contributed by atoms with E-state index >= 15 is 0 Å². The first kappa shape index (κ1) is 15.9. The SMILES string of the molecule is COc1ccccc1/C=N\OCCCn1c(=O)[nH]c2ccccc21. The number of methoxy groups -OCH3 is 1. The van der Waals surface area contributed by atoms with Crippen molar-refractivity contribution in [1.29, 1.82) is 0 Å². The molecule has 6 heteroatoms. The molecule has 0 saturated heterocycles. The van der Waals surface area contributed by atoms with Crippen molar-refractivity contribution in [2.24, 2.45) is 5.16 Å². The molecule has 0 aliphatic rings. The lowest BCUT2D eigenvalue weighted by Gasteiger charge is -2.04. The van der Waals surface area contributed by atoms with Gasteiger partial charge >= 0.3 is 5.69 Å². The van der Waals surface area contributed by atoms with Crippen LogP contribution in [-0.2, 0) is 11.4 Å². The van der Waals surface area contributed by atoms with Gasteiger partial charge in [-0.3, -0.25) is 4.57 Å². The summed E-state index contributed by atoms with van der Waals surface area (Å²) in [6.07, 6.45) is 2.31. The number of aryl methyl sites for hydroxylation is 1. The van der Waals surface area contributed by atoms with E-state index in [-0.39, 0.29) is 5.69 Å². The molecule has 1 aromatic heterocycles. The Morgan fingerprint density at radius 1 is 1.17 bits per heavy atom. The molecule has 1 heterocycles. The third-order valence-electron chi connectivity index (χ3n) is 3.70. The van der Waals surface area contributed by atoms with Crippen LogP contribution in [0.4, 0.5) is 0 Å². The molecular weight excluding hydrogens is 306 g/mol. The number of oxime groups is 1. The summed E-state index contributed by atoms with van der Waals surface area (Å²) in [6.45, 7) is 1.00. The highest BCUT2D eigenvalue weighted by Gasteiger charge is 2.05. The Balaban J connectivity index is 1.53. The lowest BCUT2D eigenvalue weighted by molar-refractivity contribution is 0.140. The molecule has 124 valence electrons. The standard InChI is InChI=1S/C18H19N3O3/c1-23-17-10-5-2-7-14(17)13-19-24-12-6-11-21-16-9-4-3-8-15(16)20-18(21)22/h2-5,7-10,13H,6,11-12H2,1H3,(H,20,22)/b19-13-. The number of H-pyrrole nitrogens is 1. The second kappa shape index (κ2) is 7.50. The van der Waals surface area contributed by atoms with Gasteiger partial charge in [0, 0.05) is 18.5 Å². The van der Waals surface area contributed by atoms with E-state index in [4.69, 9.17) is 9.57 Å². The number of imidazole rings is 1. The first-order valence-corrected chi connectivity index (χ1v) is 7.75. The van der Waals surface area contributed by atoms with Crippen LogP contribution in [0.15, 0.2) is 58.5 Å². The maximum Gasteiger partial charge on any atom is 0.326 e.